The van der Waals surface area contributed by atoms with Crippen LogP contribution in [0.1, 0.15) is 13.3 Å². The highest BCUT2D eigenvalue weighted by Gasteiger charge is 2.19. The number of hydrogen-bond donors (Lipinski definition) is 1. The fourth-order valence-electron chi connectivity index (χ4n) is 2.59. The third-order valence-electron chi connectivity index (χ3n) is 3.81. The summed E-state index contributed by atoms with van der Waals surface area (Å²) < 4.78 is 13.0. The van der Waals surface area contributed by atoms with Gasteiger partial charge in [0.05, 0.1) is 0 Å². The van der Waals surface area contributed by atoms with Crippen LogP contribution < -0.4 is 10.2 Å². The smallest absolute Gasteiger partial charge is 0.193 e. The van der Waals surface area contributed by atoms with E-state index in [9.17, 15) is 4.39 Å². The average Bonchev–Trinajstić information content (AvgIpc) is 2.56. The molecule has 23 heavy (non-hydrogen) atoms. The van der Waals surface area contributed by atoms with Gasteiger partial charge in [-0.3, -0.25) is 4.99 Å². The lowest BCUT2D eigenvalue weighted by Gasteiger charge is -2.37. The minimum atomic E-state index is -0.187. The molecule has 0 aliphatic carbocycles. The summed E-state index contributed by atoms with van der Waals surface area (Å²) in [4.78, 5) is 8.91. The van der Waals surface area contributed by atoms with Gasteiger partial charge in [0, 0.05) is 45.5 Å². The predicted molar refractivity (Wildman–Crippen MR) is 106 cm³/mol. The van der Waals surface area contributed by atoms with Gasteiger partial charge in [0.25, 0.3) is 0 Å². The van der Waals surface area contributed by atoms with Crippen LogP contribution in [0.25, 0.3) is 0 Å². The number of anilines is 1. The van der Waals surface area contributed by atoms with E-state index in [1.54, 1.807) is 0 Å². The van der Waals surface area contributed by atoms with E-state index < -0.39 is 0 Å². The summed E-state index contributed by atoms with van der Waals surface area (Å²) in [6.07, 6.45) is 5.21. The summed E-state index contributed by atoms with van der Waals surface area (Å²) in [6, 6.07) is 6.72. The molecule has 0 saturated carbocycles. The number of aliphatic imine (C=N–C) groups is 1. The van der Waals surface area contributed by atoms with E-state index >= 15 is 0 Å². The molecule has 1 aromatic rings. The van der Waals surface area contributed by atoms with Crippen LogP contribution in [0.2, 0.25) is 0 Å². The van der Waals surface area contributed by atoms with Gasteiger partial charge < -0.3 is 15.1 Å². The fourth-order valence-corrected chi connectivity index (χ4v) is 2.59. The van der Waals surface area contributed by atoms with Gasteiger partial charge >= 0.3 is 0 Å². The number of nitrogens with zero attached hydrogens (tertiary/aromatic N) is 3. The Labute approximate surface area is 155 Å². The predicted octanol–water partition coefficient (Wildman–Crippen LogP) is 3.11. The maximum Gasteiger partial charge on any atom is 0.193 e. The van der Waals surface area contributed by atoms with Gasteiger partial charge in [-0.15, -0.1) is 24.0 Å². The Bertz CT molecular complexity index is 508. The van der Waals surface area contributed by atoms with Crippen molar-refractivity contribution < 1.29 is 4.39 Å². The summed E-state index contributed by atoms with van der Waals surface area (Å²) in [5, 5.41) is 3.39. The lowest BCUT2D eigenvalue weighted by Crippen LogP contribution is -2.52. The van der Waals surface area contributed by atoms with Crippen molar-refractivity contribution in [2.24, 2.45) is 4.99 Å². The minimum absolute atomic E-state index is 0. The molecule has 0 bridgehead atoms. The second-order valence-electron chi connectivity index (χ2n) is 5.28. The van der Waals surface area contributed by atoms with E-state index in [2.05, 4.69) is 32.3 Å². The van der Waals surface area contributed by atoms with E-state index in [0.717, 1.165) is 50.8 Å². The van der Waals surface area contributed by atoms with Crippen molar-refractivity contribution in [3.8, 4) is 0 Å². The van der Waals surface area contributed by atoms with Crippen LogP contribution in [0.15, 0.2) is 41.4 Å². The number of hydrogen-bond acceptors (Lipinski definition) is 2. The zero-order valence-corrected chi connectivity index (χ0v) is 16.2. The van der Waals surface area contributed by atoms with Gasteiger partial charge in [-0.2, -0.15) is 0 Å². The first-order valence-electron chi connectivity index (χ1n) is 7.82. The van der Waals surface area contributed by atoms with Crippen molar-refractivity contribution in [1.29, 1.82) is 0 Å². The molecule has 1 aliphatic heterocycles. The normalized spacial score (nSPS) is 15.7. The third-order valence-corrected chi connectivity index (χ3v) is 3.81. The Morgan fingerprint density at radius 1 is 1.22 bits per heavy atom. The first-order chi connectivity index (χ1) is 10.7. The first-order valence-corrected chi connectivity index (χ1v) is 7.82. The van der Waals surface area contributed by atoms with Gasteiger partial charge in [-0.05, 0) is 37.6 Å². The quantitative estimate of drug-likeness (QED) is 0.261. The summed E-state index contributed by atoms with van der Waals surface area (Å²) in [5.74, 6) is 0.774. The topological polar surface area (TPSA) is 30.9 Å². The molecule has 0 aromatic heterocycles. The SMILES string of the molecule is C/C=C/CCNC(=NC)N1CCN(c2ccc(F)cc2)CC1.I. The highest BCUT2D eigenvalue weighted by molar-refractivity contribution is 14.0. The molecule has 1 saturated heterocycles. The van der Waals surface area contributed by atoms with Crippen LogP contribution >= 0.6 is 24.0 Å². The van der Waals surface area contributed by atoms with Crippen LogP contribution in [0, 0.1) is 5.82 Å². The molecule has 6 heteroatoms. The lowest BCUT2D eigenvalue weighted by atomic mass is 10.2. The van der Waals surface area contributed by atoms with Crippen LogP contribution in [0.4, 0.5) is 10.1 Å². The second kappa shape index (κ2) is 10.5. The summed E-state index contributed by atoms with van der Waals surface area (Å²) in [5.41, 5.74) is 1.08. The molecule has 0 unspecified atom stereocenters. The molecule has 1 heterocycles. The van der Waals surface area contributed by atoms with E-state index in [4.69, 9.17) is 0 Å². The van der Waals surface area contributed by atoms with Crippen LogP contribution in [-0.2, 0) is 0 Å². The van der Waals surface area contributed by atoms with E-state index in [-0.39, 0.29) is 29.8 Å². The molecule has 0 amide bonds. The molecular weight excluding hydrogens is 406 g/mol. The molecule has 0 spiro atoms. The van der Waals surface area contributed by atoms with Gasteiger partial charge in [0.1, 0.15) is 5.82 Å². The molecule has 128 valence electrons. The zero-order chi connectivity index (χ0) is 15.8. The Balaban J connectivity index is 0.00000264. The van der Waals surface area contributed by atoms with E-state index in [0.29, 0.717) is 0 Å². The van der Waals surface area contributed by atoms with Crippen molar-refractivity contribution in [1.82, 2.24) is 10.2 Å². The number of halogens is 2. The number of guanidine groups is 1. The third kappa shape index (κ3) is 6.01. The molecule has 1 aliphatic rings. The molecule has 2 rings (SSSR count). The average molecular weight is 432 g/mol. The van der Waals surface area contributed by atoms with Crippen LogP contribution in [0.5, 0.6) is 0 Å². The van der Waals surface area contributed by atoms with Gasteiger partial charge in [-0.1, -0.05) is 12.2 Å². The summed E-state index contributed by atoms with van der Waals surface area (Å²) in [7, 11) is 1.82. The maximum atomic E-state index is 13.0. The van der Waals surface area contributed by atoms with Gasteiger partial charge in [0.15, 0.2) is 5.96 Å². The first kappa shape index (κ1) is 19.7. The van der Waals surface area contributed by atoms with Crippen molar-refractivity contribution >= 4 is 35.6 Å². The number of nitrogens with one attached hydrogen (secondary N) is 1. The molecule has 1 aromatic carbocycles. The van der Waals surface area contributed by atoms with E-state index in [1.165, 1.54) is 12.1 Å². The van der Waals surface area contributed by atoms with Crippen molar-refractivity contribution in [2.75, 3.05) is 44.7 Å². The van der Waals surface area contributed by atoms with E-state index in [1.807, 2.05) is 26.1 Å². The highest BCUT2D eigenvalue weighted by atomic mass is 127. The Morgan fingerprint density at radius 3 is 2.43 bits per heavy atom. The molecule has 0 atom stereocenters. The molecule has 0 radical (unpaired) electrons. The van der Waals surface area contributed by atoms with Crippen molar-refractivity contribution in [2.45, 2.75) is 13.3 Å². The molecule has 1 fully saturated rings. The maximum absolute atomic E-state index is 13.0. The highest BCUT2D eigenvalue weighted by Crippen LogP contribution is 2.16. The van der Waals surface area contributed by atoms with Gasteiger partial charge in [-0.25, -0.2) is 4.39 Å². The summed E-state index contributed by atoms with van der Waals surface area (Å²) in [6.45, 7) is 6.60. The summed E-state index contributed by atoms with van der Waals surface area (Å²) >= 11 is 0. The zero-order valence-electron chi connectivity index (χ0n) is 13.8. The van der Waals surface area contributed by atoms with Crippen molar-refractivity contribution in [3.63, 3.8) is 0 Å². The lowest BCUT2D eigenvalue weighted by molar-refractivity contribution is 0.373. The molecule has 4 nitrogen and oxygen atoms in total. The molecular formula is C17H26FIN4. The monoisotopic (exact) mass is 432 g/mol. The van der Waals surface area contributed by atoms with Gasteiger partial charge in [0.2, 0.25) is 0 Å². The Hall–Kier alpha value is -1.31. The van der Waals surface area contributed by atoms with Crippen molar-refractivity contribution in [3.05, 3.63) is 42.2 Å². The Morgan fingerprint density at radius 2 is 1.87 bits per heavy atom. The number of rotatable bonds is 4. The largest absolute Gasteiger partial charge is 0.368 e. The standard InChI is InChI=1S/C17H25FN4.HI/c1-3-4-5-10-20-17(19-2)22-13-11-21(12-14-22)16-8-6-15(18)7-9-16;/h3-4,6-9H,5,10-14H2,1-2H3,(H,19,20);1H/b4-3+;. The minimum Gasteiger partial charge on any atom is -0.368 e. The number of allylic oxidation sites excluding steroid dienone is 1. The fraction of sp³-hybridized carbons (Fsp3) is 0.471. The number of benzene rings is 1. The number of piperazine rings is 1. The Kier molecular flexibility index (Phi) is 8.98. The van der Waals surface area contributed by atoms with Crippen LogP contribution in [0.3, 0.4) is 0 Å². The molecule has 1 N–H and O–H groups in total. The second-order valence-corrected chi connectivity index (χ2v) is 5.28. The van der Waals surface area contributed by atoms with Crippen LogP contribution in [-0.4, -0.2) is 50.6 Å².